The zero-order valence-corrected chi connectivity index (χ0v) is 11.7. The van der Waals surface area contributed by atoms with Gasteiger partial charge in [-0.3, -0.25) is 0 Å². The summed E-state index contributed by atoms with van der Waals surface area (Å²) in [5.41, 5.74) is 1.56. The second-order valence-electron chi connectivity index (χ2n) is 4.66. The molecule has 0 aromatic heterocycles. The van der Waals surface area contributed by atoms with Gasteiger partial charge < -0.3 is 10.1 Å². The van der Waals surface area contributed by atoms with E-state index >= 15 is 0 Å². The number of carbonyl (C=O) groups excluding carboxylic acids is 1. The third-order valence-corrected chi connectivity index (χ3v) is 3.01. The molecule has 1 N–H and O–H groups in total. The molecule has 2 unspecified atom stereocenters. The Balaban J connectivity index is 2.72. The summed E-state index contributed by atoms with van der Waals surface area (Å²) in [7, 11) is 0. The summed E-state index contributed by atoms with van der Waals surface area (Å²) in [5, 5.41) is 3.35. The van der Waals surface area contributed by atoms with Crippen LogP contribution in [0, 0.1) is 0 Å². The van der Waals surface area contributed by atoms with E-state index in [2.05, 4.69) is 19.2 Å². The average molecular weight is 249 g/mol. The van der Waals surface area contributed by atoms with Crippen LogP contribution in [0.1, 0.15) is 50.9 Å². The smallest absolute Gasteiger partial charge is 0.338 e. The Labute approximate surface area is 110 Å². The van der Waals surface area contributed by atoms with Crippen LogP contribution in [0.2, 0.25) is 0 Å². The first-order valence-corrected chi connectivity index (χ1v) is 6.64. The molecule has 0 fully saturated rings. The van der Waals surface area contributed by atoms with Crippen LogP contribution < -0.4 is 5.32 Å². The highest BCUT2D eigenvalue weighted by Crippen LogP contribution is 2.14. The van der Waals surface area contributed by atoms with Gasteiger partial charge in [0.25, 0.3) is 0 Å². The molecule has 0 aliphatic heterocycles. The van der Waals surface area contributed by atoms with Crippen molar-refractivity contribution < 1.29 is 9.53 Å². The lowest BCUT2D eigenvalue weighted by atomic mass is 10.1. The van der Waals surface area contributed by atoms with Crippen molar-refractivity contribution in [1.82, 2.24) is 0 Å². The van der Waals surface area contributed by atoms with Crippen LogP contribution in [0.4, 0.5) is 5.69 Å². The highest BCUT2D eigenvalue weighted by atomic mass is 16.5. The Morgan fingerprint density at radius 2 is 2.00 bits per heavy atom. The Kier molecular flexibility index (Phi) is 5.69. The molecular weight excluding hydrogens is 226 g/mol. The third-order valence-electron chi connectivity index (χ3n) is 3.01. The van der Waals surface area contributed by atoms with Gasteiger partial charge in [-0.05, 0) is 44.9 Å². The number of ether oxygens (including phenoxy) is 1. The summed E-state index contributed by atoms with van der Waals surface area (Å²) in [4.78, 5) is 11.9. The van der Waals surface area contributed by atoms with Gasteiger partial charge in [0.15, 0.2) is 0 Å². The molecule has 0 aliphatic carbocycles. The summed E-state index contributed by atoms with van der Waals surface area (Å²) in [6.45, 7) is 8.14. The number of rotatable bonds is 6. The van der Waals surface area contributed by atoms with Gasteiger partial charge in [0.05, 0.1) is 11.7 Å². The number of carbonyl (C=O) groups is 1. The molecular formula is C15H23NO2. The summed E-state index contributed by atoms with van der Waals surface area (Å²) < 4.78 is 5.31. The second kappa shape index (κ2) is 7.04. The highest BCUT2D eigenvalue weighted by molar-refractivity contribution is 5.90. The maximum Gasteiger partial charge on any atom is 0.338 e. The van der Waals surface area contributed by atoms with Crippen molar-refractivity contribution in [1.29, 1.82) is 0 Å². The molecule has 0 saturated heterocycles. The predicted octanol–water partition coefficient (Wildman–Crippen LogP) is 3.85. The minimum Gasteiger partial charge on any atom is -0.459 e. The van der Waals surface area contributed by atoms with Gasteiger partial charge in [0, 0.05) is 11.7 Å². The van der Waals surface area contributed by atoms with E-state index in [1.807, 2.05) is 32.0 Å². The molecule has 0 heterocycles. The normalized spacial score (nSPS) is 13.8. The largest absolute Gasteiger partial charge is 0.459 e. The molecule has 0 amide bonds. The number of hydrogen-bond acceptors (Lipinski definition) is 3. The first kappa shape index (κ1) is 14.6. The van der Waals surface area contributed by atoms with Crippen LogP contribution in [0.25, 0.3) is 0 Å². The molecule has 0 spiro atoms. The van der Waals surface area contributed by atoms with E-state index < -0.39 is 0 Å². The SMILES string of the molecule is CCC(C)Nc1cccc(C(=O)OC(C)CC)c1. The van der Waals surface area contributed by atoms with Gasteiger partial charge in [-0.15, -0.1) is 0 Å². The van der Waals surface area contributed by atoms with Crippen LogP contribution in [0.15, 0.2) is 24.3 Å². The van der Waals surface area contributed by atoms with E-state index in [0.717, 1.165) is 18.5 Å². The zero-order chi connectivity index (χ0) is 13.5. The number of anilines is 1. The number of nitrogens with one attached hydrogen (secondary N) is 1. The van der Waals surface area contributed by atoms with Crippen molar-refractivity contribution in [3.8, 4) is 0 Å². The van der Waals surface area contributed by atoms with Crippen molar-refractivity contribution in [3.63, 3.8) is 0 Å². The van der Waals surface area contributed by atoms with E-state index in [4.69, 9.17) is 4.74 Å². The molecule has 3 nitrogen and oxygen atoms in total. The Hall–Kier alpha value is -1.51. The van der Waals surface area contributed by atoms with Gasteiger partial charge in [-0.25, -0.2) is 4.79 Å². The summed E-state index contributed by atoms with van der Waals surface area (Å²) in [6.07, 6.45) is 1.83. The van der Waals surface area contributed by atoms with Crippen LogP contribution in [0.3, 0.4) is 0 Å². The summed E-state index contributed by atoms with van der Waals surface area (Å²) in [5.74, 6) is -0.253. The fourth-order valence-corrected chi connectivity index (χ4v) is 1.46. The first-order chi connectivity index (χ1) is 8.56. The average Bonchev–Trinajstić information content (AvgIpc) is 2.38. The predicted molar refractivity (Wildman–Crippen MR) is 75.0 cm³/mol. The molecule has 1 aromatic carbocycles. The molecule has 3 heteroatoms. The van der Waals surface area contributed by atoms with Gasteiger partial charge in [0.1, 0.15) is 0 Å². The van der Waals surface area contributed by atoms with Gasteiger partial charge in [-0.2, -0.15) is 0 Å². The van der Waals surface area contributed by atoms with E-state index in [1.54, 1.807) is 6.07 Å². The summed E-state index contributed by atoms with van der Waals surface area (Å²) >= 11 is 0. The van der Waals surface area contributed by atoms with Crippen molar-refractivity contribution in [3.05, 3.63) is 29.8 Å². The Morgan fingerprint density at radius 1 is 1.28 bits per heavy atom. The minimum atomic E-state index is -0.253. The van der Waals surface area contributed by atoms with Gasteiger partial charge in [-0.1, -0.05) is 19.9 Å². The van der Waals surface area contributed by atoms with E-state index in [0.29, 0.717) is 11.6 Å². The molecule has 1 aromatic rings. The van der Waals surface area contributed by atoms with E-state index in [1.165, 1.54) is 0 Å². The first-order valence-electron chi connectivity index (χ1n) is 6.64. The van der Waals surface area contributed by atoms with E-state index in [-0.39, 0.29) is 12.1 Å². The highest BCUT2D eigenvalue weighted by Gasteiger charge is 2.11. The van der Waals surface area contributed by atoms with Crippen molar-refractivity contribution in [2.24, 2.45) is 0 Å². The standard InChI is InChI=1S/C15H23NO2/c1-5-11(3)16-14-9-7-8-13(10-14)15(17)18-12(4)6-2/h7-12,16H,5-6H2,1-4H3. The number of hydrogen-bond donors (Lipinski definition) is 1. The van der Waals surface area contributed by atoms with E-state index in [9.17, 15) is 4.79 Å². The van der Waals surface area contributed by atoms with Crippen LogP contribution in [-0.4, -0.2) is 18.1 Å². The topological polar surface area (TPSA) is 38.3 Å². The molecule has 18 heavy (non-hydrogen) atoms. The quantitative estimate of drug-likeness (QED) is 0.778. The Bertz CT molecular complexity index is 390. The van der Waals surface area contributed by atoms with Gasteiger partial charge in [0.2, 0.25) is 0 Å². The lowest BCUT2D eigenvalue weighted by Gasteiger charge is -2.14. The fourth-order valence-electron chi connectivity index (χ4n) is 1.46. The lowest BCUT2D eigenvalue weighted by molar-refractivity contribution is 0.0334. The maximum absolute atomic E-state index is 11.9. The number of benzene rings is 1. The van der Waals surface area contributed by atoms with Crippen molar-refractivity contribution in [2.45, 2.75) is 52.7 Å². The monoisotopic (exact) mass is 249 g/mol. The molecule has 0 saturated carbocycles. The number of esters is 1. The molecule has 1 rings (SSSR count). The fraction of sp³-hybridized carbons (Fsp3) is 0.533. The Morgan fingerprint density at radius 3 is 2.61 bits per heavy atom. The van der Waals surface area contributed by atoms with Crippen LogP contribution in [0.5, 0.6) is 0 Å². The van der Waals surface area contributed by atoms with Crippen LogP contribution in [-0.2, 0) is 4.74 Å². The van der Waals surface area contributed by atoms with Crippen molar-refractivity contribution in [2.75, 3.05) is 5.32 Å². The molecule has 0 aliphatic rings. The van der Waals surface area contributed by atoms with Crippen molar-refractivity contribution >= 4 is 11.7 Å². The lowest BCUT2D eigenvalue weighted by Crippen LogP contribution is -2.16. The summed E-state index contributed by atoms with van der Waals surface area (Å²) in [6, 6.07) is 7.86. The second-order valence-corrected chi connectivity index (χ2v) is 4.66. The zero-order valence-electron chi connectivity index (χ0n) is 11.7. The minimum absolute atomic E-state index is 0.0383. The maximum atomic E-state index is 11.9. The third kappa shape index (κ3) is 4.40. The molecule has 0 bridgehead atoms. The molecule has 2 atom stereocenters. The molecule has 100 valence electrons. The van der Waals surface area contributed by atoms with Crippen LogP contribution >= 0.6 is 0 Å². The molecule has 0 radical (unpaired) electrons. The van der Waals surface area contributed by atoms with Gasteiger partial charge >= 0.3 is 5.97 Å².